The maximum absolute atomic E-state index is 5.44. The summed E-state index contributed by atoms with van der Waals surface area (Å²) in [6.45, 7) is 2.28. The highest BCUT2D eigenvalue weighted by molar-refractivity contribution is 5.11. The second kappa shape index (κ2) is 4.14. The largest absolute Gasteiger partial charge is 0.324 e. The number of nitrogens with one attached hydrogen (secondary N) is 1. The molecule has 0 atom stereocenters. The highest BCUT2D eigenvalue weighted by atomic mass is 15.1. The first-order valence-electron chi connectivity index (χ1n) is 4.65. The van der Waals surface area contributed by atoms with Crippen molar-refractivity contribution < 1.29 is 0 Å². The Labute approximate surface area is 87.0 Å². The second-order valence-electron chi connectivity index (χ2n) is 3.24. The van der Waals surface area contributed by atoms with Gasteiger partial charge in [0.2, 0.25) is 0 Å². The molecule has 15 heavy (non-hydrogen) atoms. The van der Waals surface area contributed by atoms with Gasteiger partial charge >= 0.3 is 0 Å². The smallest absolute Gasteiger partial charge is 0.145 e. The lowest BCUT2D eigenvalue weighted by Gasteiger charge is -1.98. The minimum absolute atomic E-state index is 0.328. The third-order valence-electron chi connectivity index (χ3n) is 1.95. The molecule has 0 saturated heterocycles. The zero-order valence-corrected chi connectivity index (χ0v) is 8.44. The van der Waals surface area contributed by atoms with E-state index in [1.54, 1.807) is 0 Å². The Bertz CT molecular complexity index is 449. The lowest BCUT2D eigenvalue weighted by Crippen LogP contribution is -2.07. The van der Waals surface area contributed by atoms with Gasteiger partial charge in [-0.2, -0.15) is 5.10 Å². The van der Waals surface area contributed by atoms with E-state index in [-0.39, 0.29) is 0 Å². The normalized spacial score (nSPS) is 10.5. The van der Waals surface area contributed by atoms with Crippen LogP contribution in [0.25, 0.3) is 0 Å². The molecule has 2 rings (SSSR count). The van der Waals surface area contributed by atoms with Crippen LogP contribution in [0.5, 0.6) is 0 Å². The van der Waals surface area contributed by atoms with Crippen molar-refractivity contribution in [1.82, 2.24) is 25.1 Å². The summed E-state index contributed by atoms with van der Waals surface area (Å²) in [6, 6.07) is 1.96. The number of aryl methyl sites for hydroxylation is 1. The summed E-state index contributed by atoms with van der Waals surface area (Å²) in [6.07, 6.45) is 2.07. The van der Waals surface area contributed by atoms with Crippen molar-refractivity contribution in [1.29, 1.82) is 0 Å². The average Bonchev–Trinajstić information content (AvgIpc) is 2.64. The van der Waals surface area contributed by atoms with E-state index in [1.807, 2.05) is 13.0 Å². The number of hydrogen-bond acceptors (Lipinski definition) is 5. The number of nitrogens with zero attached hydrogens (tertiary/aromatic N) is 4. The van der Waals surface area contributed by atoms with E-state index in [0.717, 1.165) is 11.4 Å². The van der Waals surface area contributed by atoms with Gasteiger partial charge in [-0.25, -0.2) is 15.0 Å². The third-order valence-corrected chi connectivity index (χ3v) is 1.95. The first-order valence-corrected chi connectivity index (χ1v) is 4.65. The number of aromatic amines is 1. The zero-order valence-electron chi connectivity index (χ0n) is 8.44. The molecule has 0 radical (unpaired) electrons. The molecule has 0 bridgehead atoms. The molecule has 0 aliphatic rings. The fourth-order valence-electron chi connectivity index (χ4n) is 1.28. The maximum Gasteiger partial charge on any atom is 0.145 e. The lowest BCUT2D eigenvalue weighted by atomic mass is 10.3. The van der Waals surface area contributed by atoms with Crippen LogP contribution in [0.4, 0.5) is 0 Å². The molecule has 0 amide bonds. The van der Waals surface area contributed by atoms with Crippen LogP contribution in [0.2, 0.25) is 0 Å². The van der Waals surface area contributed by atoms with Crippen LogP contribution in [0, 0.1) is 6.92 Å². The van der Waals surface area contributed by atoms with E-state index >= 15 is 0 Å². The Hall–Kier alpha value is -1.82. The highest BCUT2D eigenvalue weighted by Gasteiger charge is 2.03. The van der Waals surface area contributed by atoms with Crippen molar-refractivity contribution in [2.75, 3.05) is 0 Å². The van der Waals surface area contributed by atoms with E-state index in [9.17, 15) is 0 Å². The van der Waals surface area contributed by atoms with E-state index < -0.39 is 0 Å². The fraction of sp³-hybridized carbons (Fsp3) is 0.333. The molecule has 2 aromatic rings. The lowest BCUT2D eigenvalue weighted by molar-refractivity contribution is 0.812. The Kier molecular flexibility index (Phi) is 2.68. The van der Waals surface area contributed by atoms with Crippen LogP contribution in [-0.4, -0.2) is 25.1 Å². The Morgan fingerprint density at radius 2 is 2.13 bits per heavy atom. The van der Waals surface area contributed by atoms with Gasteiger partial charge in [-0.3, -0.25) is 5.10 Å². The first kappa shape index (κ1) is 9.72. The van der Waals surface area contributed by atoms with Crippen molar-refractivity contribution in [3.05, 3.63) is 35.4 Å². The van der Waals surface area contributed by atoms with Gasteiger partial charge in [0.05, 0.1) is 18.7 Å². The van der Waals surface area contributed by atoms with Gasteiger partial charge in [-0.15, -0.1) is 0 Å². The minimum atomic E-state index is 0.328. The van der Waals surface area contributed by atoms with Crippen LogP contribution in [-0.2, 0) is 13.0 Å². The van der Waals surface area contributed by atoms with Gasteiger partial charge in [-0.05, 0) is 13.0 Å². The van der Waals surface area contributed by atoms with Gasteiger partial charge in [-0.1, -0.05) is 0 Å². The Morgan fingerprint density at radius 1 is 1.33 bits per heavy atom. The van der Waals surface area contributed by atoms with Gasteiger partial charge < -0.3 is 5.73 Å². The molecule has 0 aromatic carbocycles. The second-order valence-corrected chi connectivity index (χ2v) is 3.24. The SMILES string of the molecule is Cc1cc(Cc2ncnc(CN)n2)n[nH]1. The van der Waals surface area contributed by atoms with E-state index in [0.29, 0.717) is 24.6 Å². The molecule has 6 nitrogen and oxygen atoms in total. The molecular weight excluding hydrogens is 192 g/mol. The summed E-state index contributed by atoms with van der Waals surface area (Å²) in [5, 5.41) is 6.98. The number of H-pyrrole nitrogens is 1. The summed E-state index contributed by atoms with van der Waals surface area (Å²) < 4.78 is 0. The number of rotatable bonds is 3. The summed E-state index contributed by atoms with van der Waals surface area (Å²) in [5.41, 5.74) is 7.39. The molecule has 0 spiro atoms. The zero-order chi connectivity index (χ0) is 10.7. The highest BCUT2D eigenvalue weighted by Crippen LogP contribution is 2.03. The topological polar surface area (TPSA) is 93.4 Å². The molecule has 0 fully saturated rings. The molecular formula is C9H12N6. The molecule has 78 valence electrons. The average molecular weight is 204 g/mol. The predicted octanol–water partition coefficient (Wildman–Crippen LogP) is -0.0474. The summed E-state index contributed by atoms with van der Waals surface area (Å²) in [5.74, 6) is 1.30. The molecule has 0 unspecified atom stereocenters. The summed E-state index contributed by atoms with van der Waals surface area (Å²) in [4.78, 5) is 12.2. The van der Waals surface area contributed by atoms with Crippen molar-refractivity contribution >= 4 is 0 Å². The summed E-state index contributed by atoms with van der Waals surface area (Å²) >= 11 is 0. The molecule has 2 heterocycles. The standard InChI is InChI=1S/C9H12N6/c1-6-2-7(15-14-6)3-8-11-5-12-9(4-10)13-8/h2,5H,3-4,10H2,1H3,(H,14,15). The third kappa shape index (κ3) is 2.35. The van der Waals surface area contributed by atoms with Crippen molar-refractivity contribution in [3.8, 4) is 0 Å². The quantitative estimate of drug-likeness (QED) is 0.731. The number of aromatic nitrogens is 5. The fourth-order valence-corrected chi connectivity index (χ4v) is 1.28. The number of nitrogens with two attached hydrogens (primary N) is 1. The van der Waals surface area contributed by atoms with Gasteiger partial charge in [0.15, 0.2) is 0 Å². The molecule has 2 aromatic heterocycles. The van der Waals surface area contributed by atoms with E-state index in [1.165, 1.54) is 6.33 Å². The van der Waals surface area contributed by atoms with Gasteiger partial charge in [0.25, 0.3) is 0 Å². The first-order chi connectivity index (χ1) is 7.28. The Morgan fingerprint density at radius 3 is 2.80 bits per heavy atom. The van der Waals surface area contributed by atoms with Crippen LogP contribution in [0.3, 0.4) is 0 Å². The minimum Gasteiger partial charge on any atom is -0.324 e. The predicted molar refractivity (Wildman–Crippen MR) is 53.8 cm³/mol. The molecule has 0 aliphatic carbocycles. The van der Waals surface area contributed by atoms with Gasteiger partial charge in [0.1, 0.15) is 18.0 Å². The van der Waals surface area contributed by atoms with E-state index in [2.05, 4.69) is 25.1 Å². The van der Waals surface area contributed by atoms with Crippen LogP contribution >= 0.6 is 0 Å². The van der Waals surface area contributed by atoms with Crippen LogP contribution < -0.4 is 5.73 Å². The molecule has 0 aliphatic heterocycles. The van der Waals surface area contributed by atoms with Crippen LogP contribution in [0.15, 0.2) is 12.4 Å². The summed E-state index contributed by atoms with van der Waals surface area (Å²) in [7, 11) is 0. The number of hydrogen-bond donors (Lipinski definition) is 2. The molecule has 0 saturated carbocycles. The van der Waals surface area contributed by atoms with Crippen LogP contribution in [0.1, 0.15) is 23.0 Å². The Balaban J connectivity index is 2.16. The monoisotopic (exact) mass is 204 g/mol. The van der Waals surface area contributed by atoms with Crippen molar-refractivity contribution in [3.63, 3.8) is 0 Å². The molecule has 6 heteroatoms. The maximum atomic E-state index is 5.44. The molecule has 3 N–H and O–H groups in total. The van der Waals surface area contributed by atoms with Crippen molar-refractivity contribution in [2.45, 2.75) is 19.9 Å². The van der Waals surface area contributed by atoms with Gasteiger partial charge in [0, 0.05) is 5.69 Å². The van der Waals surface area contributed by atoms with Crippen molar-refractivity contribution in [2.24, 2.45) is 5.73 Å². The van der Waals surface area contributed by atoms with E-state index in [4.69, 9.17) is 5.73 Å².